The fourth-order valence-corrected chi connectivity index (χ4v) is 3.96. The normalized spacial score (nSPS) is 18.8. The van der Waals surface area contributed by atoms with Crippen molar-refractivity contribution in [3.8, 4) is 0 Å². The molecule has 0 unspecified atom stereocenters. The number of unbranched alkanes of at least 4 members (excludes halogenated alkanes) is 1. The molecule has 0 amide bonds. The molecule has 0 N–H and O–H groups in total. The van der Waals surface area contributed by atoms with E-state index in [-0.39, 0.29) is 6.10 Å². The topological polar surface area (TPSA) is 21.8 Å². The van der Waals surface area contributed by atoms with Gasteiger partial charge in [0.2, 0.25) is 0 Å². The van der Waals surface area contributed by atoms with E-state index in [9.17, 15) is 0 Å². The molecule has 2 heteroatoms. The zero-order chi connectivity index (χ0) is 19.2. The summed E-state index contributed by atoms with van der Waals surface area (Å²) in [6.45, 7) is 2.81. The first-order valence-electron chi connectivity index (χ1n) is 10.3. The summed E-state index contributed by atoms with van der Waals surface area (Å²) < 4.78 is 12.7. The lowest BCUT2D eigenvalue weighted by Gasteiger charge is -2.35. The van der Waals surface area contributed by atoms with Crippen LogP contribution in [0.25, 0.3) is 0 Å². The first-order valence-corrected chi connectivity index (χ1v) is 10.3. The molecule has 4 rings (SSSR count). The standard InChI is InChI=1S/C26H28O2/c1-2-3-19-24-25(28-24)20-27-26(21-13-7-4-8-14-21,22-15-9-5-10-16-22)23-17-11-6-12-18-23/h4-18,24-25H,2-3,19-20H2,1H3/t24-,25-/m0/s1. The van der Waals surface area contributed by atoms with Gasteiger partial charge in [-0.25, -0.2) is 0 Å². The van der Waals surface area contributed by atoms with Crippen LogP contribution in [0.1, 0.15) is 42.9 Å². The first-order chi connectivity index (χ1) is 13.8. The SMILES string of the molecule is CCCC[C@@H]1O[C@H]1COC(c1ccccc1)(c1ccccc1)c1ccccc1. The summed E-state index contributed by atoms with van der Waals surface area (Å²) >= 11 is 0. The van der Waals surface area contributed by atoms with Crippen molar-refractivity contribution in [2.75, 3.05) is 6.61 Å². The molecule has 0 spiro atoms. The average Bonchev–Trinajstić information content (AvgIpc) is 3.53. The van der Waals surface area contributed by atoms with Gasteiger partial charge in [-0.3, -0.25) is 0 Å². The van der Waals surface area contributed by atoms with E-state index in [1.54, 1.807) is 0 Å². The van der Waals surface area contributed by atoms with Crippen LogP contribution >= 0.6 is 0 Å². The van der Waals surface area contributed by atoms with Crippen LogP contribution in [-0.2, 0) is 15.1 Å². The first kappa shape index (κ1) is 18.9. The summed E-state index contributed by atoms with van der Waals surface area (Å²) in [6.07, 6.45) is 4.08. The van der Waals surface area contributed by atoms with Gasteiger partial charge in [-0.1, -0.05) is 111 Å². The minimum atomic E-state index is -0.648. The Kier molecular flexibility index (Phi) is 5.90. The highest BCUT2D eigenvalue weighted by molar-refractivity contribution is 5.47. The Labute approximate surface area is 168 Å². The van der Waals surface area contributed by atoms with Gasteiger partial charge >= 0.3 is 0 Å². The maximum Gasteiger partial charge on any atom is 0.143 e. The second-order valence-corrected chi connectivity index (χ2v) is 7.45. The van der Waals surface area contributed by atoms with Gasteiger partial charge in [0.05, 0.1) is 12.7 Å². The quantitative estimate of drug-likeness (QED) is 0.342. The maximum atomic E-state index is 6.80. The number of rotatable bonds is 9. The molecule has 3 aromatic rings. The number of hydrogen-bond acceptors (Lipinski definition) is 2. The van der Waals surface area contributed by atoms with E-state index in [4.69, 9.17) is 9.47 Å². The third-order valence-corrected chi connectivity index (χ3v) is 5.53. The van der Waals surface area contributed by atoms with Crippen LogP contribution in [0.3, 0.4) is 0 Å². The molecule has 1 aliphatic heterocycles. The summed E-state index contributed by atoms with van der Waals surface area (Å²) in [6, 6.07) is 31.6. The Morgan fingerprint density at radius 2 is 1.18 bits per heavy atom. The van der Waals surface area contributed by atoms with E-state index in [0.717, 1.165) is 23.1 Å². The Morgan fingerprint density at radius 3 is 1.61 bits per heavy atom. The van der Waals surface area contributed by atoms with E-state index in [1.807, 2.05) is 0 Å². The van der Waals surface area contributed by atoms with Crippen LogP contribution in [-0.4, -0.2) is 18.8 Å². The van der Waals surface area contributed by atoms with Crippen LogP contribution in [0.15, 0.2) is 91.0 Å². The van der Waals surface area contributed by atoms with Gasteiger partial charge in [0.15, 0.2) is 0 Å². The van der Waals surface area contributed by atoms with Crippen molar-refractivity contribution in [3.05, 3.63) is 108 Å². The molecule has 1 aliphatic rings. The molecule has 3 aromatic carbocycles. The lowest BCUT2D eigenvalue weighted by molar-refractivity contribution is 0.00427. The summed E-state index contributed by atoms with van der Waals surface area (Å²) in [5, 5.41) is 0. The van der Waals surface area contributed by atoms with Gasteiger partial charge in [0.1, 0.15) is 11.7 Å². The molecule has 0 saturated carbocycles. The second-order valence-electron chi connectivity index (χ2n) is 7.45. The Balaban J connectivity index is 1.72. The molecule has 1 saturated heterocycles. The van der Waals surface area contributed by atoms with Gasteiger partial charge < -0.3 is 9.47 Å². The highest BCUT2D eigenvalue weighted by Crippen LogP contribution is 2.41. The molecule has 28 heavy (non-hydrogen) atoms. The van der Waals surface area contributed by atoms with Crippen LogP contribution in [0.5, 0.6) is 0 Å². The molecule has 0 bridgehead atoms. The van der Waals surface area contributed by atoms with E-state index in [1.165, 1.54) is 12.8 Å². The molecule has 0 aliphatic carbocycles. The fourth-order valence-electron chi connectivity index (χ4n) is 3.96. The van der Waals surface area contributed by atoms with E-state index < -0.39 is 5.60 Å². The van der Waals surface area contributed by atoms with Crippen LogP contribution < -0.4 is 0 Å². The summed E-state index contributed by atoms with van der Waals surface area (Å²) in [4.78, 5) is 0. The minimum Gasteiger partial charge on any atom is -0.367 e. The zero-order valence-corrected chi connectivity index (χ0v) is 16.5. The van der Waals surface area contributed by atoms with Crippen molar-refractivity contribution in [1.82, 2.24) is 0 Å². The minimum absolute atomic E-state index is 0.196. The number of benzene rings is 3. The third-order valence-electron chi connectivity index (χ3n) is 5.53. The molecular weight excluding hydrogens is 344 g/mol. The predicted molar refractivity (Wildman–Crippen MR) is 113 cm³/mol. The van der Waals surface area contributed by atoms with Crippen molar-refractivity contribution in [2.24, 2.45) is 0 Å². The molecule has 2 nitrogen and oxygen atoms in total. The molecular formula is C26H28O2. The molecule has 144 valence electrons. The lowest BCUT2D eigenvalue weighted by Crippen LogP contribution is -2.34. The number of epoxide rings is 1. The molecule has 2 atom stereocenters. The number of hydrogen-bond donors (Lipinski definition) is 0. The van der Waals surface area contributed by atoms with Crippen molar-refractivity contribution >= 4 is 0 Å². The van der Waals surface area contributed by atoms with E-state index in [2.05, 4.69) is 97.9 Å². The molecule has 0 radical (unpaired) electrons. The summed E-state index contributed by atoms with van der Waals surface area (Å²) in [7, 11) is 0. The van der Waals surface area contributed by atoms with Crippen molar-refractivity contribution < 1.29 is 9.47 Å². The van der Waals surface area contributed by atoms with Gasteiger partial charge in [-0.2, -0.15) is 0 Å². The molecule has 0 aromatic heterocycles. The van der Waals surface area contributed by atoms with Gasteiger partial charge in [0.25, 0.3) is 0 Å². The van der Waals surface area contributed by atoms with Crippen LogP contribution in [0.4, 0.5) is 0 Å². The monoisotopic (exact) mass is 372 g/mol. The smallest absolute Gasteiger partial charge is 0.143 e. The van der Waals surface area contributed by atoms with Crippen molar-refractivity contribution in [2.45, 2.75) is 44.0 Å². The highest BCUT2D eigenvalue weighted by atomic mass is 16.6. The largest absolute Gasteiger partial charge is 0.367 e. The van der Waals surface area contributed by atoms with Crippen molar-refractivity contribution in [1.29, 1.82) is 0 Å². The zero-order valence-electron chi connectivity index (χ0n) is 16.5. The molecule has 1 fully saturated rings. The Hall–Kier alpha value is -2.42. The van der Waals surface area contributed by atoms with Gasteiger partial charge in [0, 0.05) is 0 Å². The Morgan fingerprint density at radius 1 is 0.714 bits per heavy atom. The van der Waals surface area contributed by atoms with Gasteiger partial charge in [-0.05, 0) is 23.1 Å². The second kappa shape index (κ2) is 8.72. The maximum absolute atomic E-state index is 6.80. The number of ether oxygens (including phenoxy) is 2. The third kappa shape index (κ3) is 3.89. The lowest BCUT2D eigenvalue weighted by atomic mass is 9.80. The summed E-state index contributed by atoms with van der Waals surface area (Å²) in [5.41, 5.74) is 2.76. The molecule has 1 heterocycles. The average molecular weight is 373 g/mol. The van der Waals surface area contributed by atoms with E-state index >= 15 is 0 Å². The predicted octanol–water partition coefficient (Wildman–Crippen LogP) is 5.95. The van der Waals surface area contributed by atoms with Crippen molar-refractivity contribution in [3.63, 3.8) is 0 Å². The summed E-state index contributed by atoms with van der Waals surface area (Å²) in [5.74, 6) is 0. The van der Waals surface area contributed by atoms with Crippen LogP contribution in [0.2, 0.25) is 0 Å². The Bertz CT molecular complexity index is 749. The van der Waals surface area contributed by atoms with E-state index in [0.29, 0.717) is 12.7 Å². The highest BCUT2D eigenvalue weighted by Gasteiger charge is 2.43. The fraction of sp³-hybridized carbons (Fsp3) is 0.308. The van der Waals surface area contributed by atoms with Gasteiger partial charge in [-0.15, -0.1) is 0 Å². The van der Waals surface area contributed by atoms with Crippen LogP contribution in [0, 0.1) is 0 Å².